The van der Waals surface area contributed by atoms with Gasteiger partial charge in [-0.25, -0.2) is 8.42 Å². The van der Waals surface area contributed by atoms with Crippen molar-refractivity contribution in [1.29, 1.82) is 0 Å². The van der Waals surface area contributed by atoms with E-state index in [2.05, 4.69) is 20.2 Å². The minimum atomic E-state index is -3.49. The van der Waals surface area contributed by atoms with Crippen molar-refractivity contribution in [3.63, 3.8) is 0 Å². The predicted molar refractivity (Wildman–Crippen MR) is 61.0 cm³/mol. The Balaban J connectivity index is 2.82. The summed E-state index contributed by atoms with van der Waals surface area (Å²) in [6, 6.07) is 0. The Bertz CT molecular complexity index is 667. The number of aromatic nitrogens is 4. The van der Waals surface area contributed by atoms with E-state index in [1.165, 1.54) is 0 Å². The van der Waals surface area contributed by atoms with Gasteiger partial charge in [0, 0.05) is 6.26 Å². The minimum Gasteiger partial charge on any atom is -0.477 e. The van der Waals surface area contributed by atoms with Crippen molar-refractivity contribution >= 4 is 32.5 Å². The Morgan fingerprint density at radius 3 is 2.71 bits per heavy atom. The number of hydrogen-bond acceptors (Lipinski definition) is 6. The third-order valence-electron chi connectivity index (χ3n) is 1.96. The third-order valence-corrected chi connectivity index (χ3v) is 3.12. The maximum absolute atomic E-state index is 11.5. The predicted octanol–water partition coefficient (Wildman–Crippen LogP) is 0.808. The van der Waals surface area contributed by atoms with Gasteiger partial charge in [-0.15, -0.1) is 0 Å². The molecule has 2 aromatic heterocycles. The van der Waals surface area contributed by atoms with Crippen LogP contribution in [0.2, 0.25) is 5.28 Å². The van der Waals surface area contributed by atoms with Crippen LogP contribution in [0.5, 0.6) is 5.88 Å². The van der Waals surface area contributed by atoms with Crippen molar-refractivity contribution in [3.05, 3.63) is 5.28 Å². The van der Waals surface area contributed by atoms with Crippen LogP contribution >= 0.6 is 11.6 Å². The summed E-state index contributed by atoms with van der Waals surface area (Å²) in [4.78, 5) is 7.69. The molecule has 0 aromatic carbocycles. The van der Waals surface area contributed by atoms with E-state index in [-0.39, 0.29) is 27.2 Å². The van der Waals surface area contributed by atoms with Gasteiger partial charge in [0.25, 0.3) is 0 Å². The zero-order chi connectivity index (χ0) is 12.6. The van der Waals surface area contributed by atoms with Crippen LogP contribution in [-0.2, 0) is 9.84 Å². The first kappa shape index (κ1) is 12.1. The van der Waals surface area contributed by atoms with Crippen molar-refractivity contribution in [2.45, 2.75) is 11.9 Å². The van der Waals surface area contributed by atoms with Crippen LogP contribution in [0.15, 0.2) is 5.03 Å². The number of rotatable bonds is 3. The molecule has 9 heteroatoms. The maximum Gasteiger partial charge on any atom is 0.230 e. The van der Waals surface area contributed by atoms with E-state index in [1.54, 1.807) is 6.92 Å². The van der Waals surface area contributed by atoms with Crippen molar-refractivity contribution in [1.82, 2.24) is 20.2 Å². The summed E-state index contributed by atoms with van der Waals surface area (Å²) in [5, 5.41) is 6.22. The van der Waals surface area contributed by atoms with Crippen LogP contribution in [0.4, 0.5) is 0 Å². The average Bonchev–Trinajstić information content (AvgIpc) is 2.60. The minimum absolute atomic E-state index is 0.0374. The highest BCUT2D eigenvalue weighted by Gasteiger charge is 2.22. The van der Waals surface area contributed by atoms with Crippen LogP contribution in [0.1, 0.15) is 6.92 Å². The van der Waals surface area contributed by atoms with Crippen molar-refractivity contribution in [2.24, 2.45) is 0 Å². The number of H-pyrrole nitrogens is 1. The molecule has 0 amide bonds. The van der Waals surface area contributed by atoms with E-state index in [0.29, 0.717) is 6.61 Å². The van der Waals surface area contributed by atoms with E-state index >= 15 is 0 Å². The van der Waals surface area contributed by atoms with Crippen molar-refractivity contribution in [2.75, 3.05) is 12.9 Å². The molecule has 0 aliphatic rings. The molecule has 2 heterocycles. The number of halogens is 1. The highest BCUT2D eigenvalue weighted by Crippen LogP contribution is 2.28. The maximum atomic E-state index is 11.5. The molecule has 92 valence electrons. The molecule has 2 rings (SSSR count). The summed E-state index contributed by atoms with van der Waals surface area (Å²) in [5.74, 6) is 0.108. The van der Waals surface area contributed by atoms with Gasteiger partial charge in [-0.1, -0.05) is 0 Å². The van der Waals surface area contributed by atoms with E-state index in [9.17, 15) is 8.42 Å². The summed E-state index contributed by atoms with van der Waals surface area (Å²) in [6.07, 6.45) is 1.05. The molecule has 0 atom stereocenters. The fourth-order valence-corrected chi connectivity index (χ4v) is 2.28. The Kier molecular flexibility index (Phi) is 2.92. The monoisotopic (exact) mass is 276 g/mol. The number of aromatic amines is 1. The van der Waals surface area contributed by atoms with E-state index in [1.807, 2.05) is 0 Å². The smallest absolute Gasteiger partial charge is 0.230 e. The highest BCUT2D eigenvalue weighted by molar-refractivity contribution is 7.90. The zero-order valence-electron chi connectivity index (χ0n) is 9.06. The Hall–Kier alpha value is -1.41. The van der Waals surface area contributed by atoms with Gasteiger partial charge in [-0.3, -0.25) is 5.10 Å². The molecule has 7 nitrogen and oxygen atoms in total. The molecular weight excluding hydrogens is 268 g/mol. The number of nitrogens with zero attached hydrogens (tertiary/aromatic N) is 3. The fourth-order valence-electron chi connectivity index (χ4n) is 1.36. The van der Waals surface area contributed by atoms with Gasteiger partial charge in [0.15, 0.2) is 20.5 Å². The molecule has 17 heavy (non-hydrogen) atoms. The highest BCUT2D eigenvalue weighted by atomic mass is 35.5. The zero-order valence-corrected chi connectivity index (χ0v) is 10.6. The van der Waals surface area contributed by atoms with Gasteiger partial charge in [0.1, 0.15) is 5.39 Å². The second kappa shape index (κ2) is 4.11. The molecule has 0 spiro atoms. The number of fused-ring (bicyclic) bond motifs is 1. The molecule has 0 fully saturated rings. The summed E-state index contributed by atoms with van der Waals surface area (Å²) in [7, 11) is -3.49. The largest absolute Gasteiger partial charge is 0.477 e. The van der Waals surface area contributed by atoms with Gasteiger partial charge in [0.2, 0.25) is 11.2 Å². The Morgan fingerprint density at radius 1 is 1.41 bits per heavy atom. The lowest BCUT2D eigenvalue weighted by Crippen LogP contribution is -2.01. The summed E-state index contributed by atoms with van der Waals surface area (Å²) in [6.45, 7) is 2.08. The van der Waals surface area contributed by atoms with E-state index in [4.69, 9.17) is 16.3 Å². The Morgan fingerprint density at radius 2 is 2.12 bits per heavy atom. The van der Waals surface area contributed by atoms with Crippen LogP contribution in [-0.4, -0.2) is 41.4 Å². The fraction of sp³-hybridized carbons (Fsp3) is 0.375. The molecule has 1 N–H and O–H groups in total. The van der Waals surface area contributed by atoms with Crippen molar-refractivity contribution in [3.8, 4) is 5.88 Å². The van der Waals surface area contributed by atoms with Gasteiger partial charge in [-0.05, 0) is 18.5 Å². The molecule has 0 aliphatic carbocycles. The van der Waals surface area contributed by atoms with Crippen LogP contribution in [0.3, 0.4) is 0 Å². The quantitative estimate of drug-likeness (QED) is 0.833. The second-order valence-electron chi connectivity index (χ2n) is 3.26. The SMILES string of the molecule is CCOc1nc(Cl)nc2[nH]nc(S(C)(=O)=O)c12. The molecule has 0 bridgehead atoms. The van der Waals surface area contributed by atoms with Gasteiger partial charge in [0.05, 0.1) is 6.61 Å². The van der Waals surface area contributed by atoms with Gasteiger partial charge in [-0.2, -0.15) is 15.1 Å². The van der Waals surface area contributed by atoms with Crippen LogP contribution in [0.25, 0.3) is 11.0 Å². The van der Waals surface area contributed by atoms with Gasteiger partial charge >= 0.3 is 0 Å². The second-order valence-corrected chi connectivity index (χ2v) is 5.52. The third kappa shape index (κ3) is 2.18. The molecule has 0 unspecified atom stereocenters. The summed E-state index contributed by atoms with van der Waals surface area (Å²) in [5.41, 5.74) is 0.230. The first-order valence-corrected chi connectivity index (χ1v) is 6.95. The summed E-state index contributed by atoms with van der Waals surface area (Å²) >= 11 is 5.68. The number of nitrogens with one attached hydrogen (secondary N) is 1. The first-order chi connectivity index (χ1) is 7.93. The number of sulfone groups is 1. The van der Waals surface area contributed by atoms with Crippen molar-refractivity contribution < 1.29 is 13.2 Å². The topological polar surface area (TPSA) is 97.8 Å². The first-order valence-electron chi connectivity index (χ1n) is 4.68. The molecule has 0 radical (unpaired) electrons. The van der Waals surface area contributed by atoms with E-state index in [0.717, 1.165) is 6.26 Å². The molecule has 0 saturated carbocycles. The number of hydrogen-bond donors (Lipinski definition) is 1. The molecule has 2 aromatic rings. The molecule has 0 saturated heterocycles. The number of ether oxygens (including phenoxy) is 1. The van der Waals surface area contributed by atoms with Crippen LogP contribution < -0.4 is 4.74 Å². The lowest BCUT2D eigenvalue weighted by Gasteiger charge is -2.03. The average molecular weight is 277 g/mol. The molecular formula is C8H9ClN4O3S. The normalized spacial score (nSPS) is 11.9. The van der Waals surface area contributed by atoms with Crippen LogP contribution in [0, 0.1) is 0 Å². The lowest BCUT2D eigenvalue weighted by molar-refractivity contribution is 0.330. The summed E-state index contributed by atoms with van der Waals surface area (Å²) < 4.78 is 28.3. The Labute approximate surface area is 102 Å². The van der Waals surface area contributed by atoms with E-state index < -0.39 is 9.84 Å². The lowest BCUT2D eigenvalue weighted by atomic mass is 10.4. The van der Waals surface area contributed by atoms with Gasteiger partial charge < -0.3 is 4.74 Å². The molecule has 0 aliphatic heterocycles. The standard InChI is InChI=1S/C8H9ClN4O3S/c1-3-16-6-4-5(10-8(9)11-6)12-13-7(4)17(2,14)15/h3H2,1-2H3,(H,10,11,12,13).